The van der Waals surface area contributed by atoms with Crippen molar-refractivity contribution in [1.82, 2.24) is 20.1 Å². The summed E-state index contributed by atoms with van der Waals surface area (Å²) in [6, 6.07) is 21.1. The molecule has 2 aromatic carbocycles. The van der Waals surface area contributed by atoms with E-state index in [0.29, 0.717) is 24.4 Å². The second-order valence-electron chi connectivity index (χ2n) is 8.37. The number of nitrogens with zero attached hydrogens (tertiary/aromatic N) is 3. The first kappa shape index (κ1) is 22.7. The van der Waals surface area contributed by atoms with E-state index >= 15 is 0 Å². The molecule has 2 amide bonds. The summed E-state index contributed by atoms with van der Waals surface area (Å²) in [4.78, 5) is 35.8. The molecule has 0 aliphatic carbocycles. The third-order valence-electron chi connectivity index (χ3n) is 6.01. The van der Waals surface area contributed by atoms with Gasteiger partial charge in [0.25, 0.3) is 5.91 Å². The van der Waals surface area contributed by atoms with Gasteiger partial charge in [-0.2, -0.15) is 0 Å². The summed E-state index contributed by atoms with van der Waals surface area (Å²) in [6.07, 6.45) is 0.475. The Hall–Kier alpha value is -3.07. The van der Waals surface area contributed by atoms with Gasteiger partial charge in [-0.3, -0.25) is 14.5 Å². The molecule has 8 heteroatoms. The highest BCUT2D eigenvalue weighted by molar-refractivity contribution is 7.18. The zero-order valence-corrected chi connectivity index (χ0v) is 20.4. The van der Waals surface area contributed by atoms with Crippen molar-refractivity contribution < 1.29 is 9.59 Å². The number of carbonyl (C=O) groups is 2. The number of hydrogen-bond donors (Lipinski definition) is 1. The fourth-order valence-electron chi connectivity index (χ4n) is 4.21. The maximum atomic E-state index is 13.5. The van der Waals surface area contributed by atoms with Crippen LogP contribution in [-0.2, 0) is 17.8 Å². The van der Waals surface area contributed by atoms with Gasteiger partial charge in [0.05, 0.1) is 21.6 Å². The highest BCUT2D eigenvalue weighted by atomic mass is 32.1. The molecule has 3 heterocycles. The molecule has 1 aliphatic heterocycles. The average Bonchev–Trinajstić information content (AvgIpc) is 3.54. The van der Waals surface area contributed by atoms with Gasteiger partial charge in [0.15, 0.2) is 0 Å². The molecule has 0 saturated carbocycles. The highest BCUT2D eigenvalue weighted by Gasteiger charge is 2.29. The largest absolute Gasteiger partial charge is 0.339 e. The van der Waals surface area contributed by atoms with Crippen molar-refractivity contribution in [3.63, 3.8) is 0 Å². The van der Waals surface area contributed by atoms with Gasteiger partial charge in [-0.1, -0.05) is 48.5 Å². The molecule has 0 spiro atoms. The molecule has 5 rings (SSSR count). The van der Waals surface area contributed by atoms with Gasteiger partial charge in [-0.05, 0) is 29.1 Å². The zero-order valence-electron chi connectivity index (χ0n) is 18.7. The number of thiophene rings is 1. The molecule has 1 saturated heterocycles. The van der Waals surface area contributed by atoms with Crippen LogP contribution in [0, 0.1) is 0 Å². The number of aromatic nitrogens is 1. The van der Waals surface area contributed by atoms with Crippen LogP contribution in [0.4, 0.5) is 0 Å². The average molecular weight is 491 g/mol. The van der Waals surface area contributed by atoms with E-state index < -0.39 is 6.04 Å². The van der Waals surface area contributed by atoms with Gasteiger partial charge < -0.3 is 10.2 Å². The fourth-order valence-corrected chi connectivity index (χ4v) is 5.85. The van der Waals surface area contributed by atoms with Gasteiger partial charge >= 0.3 is 0 Å². The third-order valence-corrected chi connectivity index (χ3v) is 7.90. The zero-order chi connectivity index (χ0) is 23.3. The normalized spacial score (nSPS) is 15.4. The first-order valence-electron chi connectivity index (χ1n) is 11.4. The number of piperazine rings is 1. The predicted octanol–water partition coefficient (Wildman–Crippen LogP) is 4.04. The Labute approximate surface area is 206 Å². The summed E-state index contributed by atoms with van der Waals surface area (Å²) in [7, 11) is 0. The molecule has 1 fully saturated rings. The van der Waals surface area contributed by atoms with E-state index in [4.69, 9.17) is 4.98 Å². The van der Waals surface area contributed by atoms with E-state index in [1.54, 1.807) is 17.4 Å². The lowest BCUT2D eigenvalue weighted by atomic mass is 10.0. The Kier molecular flexibility index (Phi) is 6.99. The summed E-state index contributed by atoms with van der Waals surface area (Å²) in [5.74, 6) is -0.216. The summed E-state index contributed by atoms with van der Waals surface area (Å²) >= 11 is 3.11. The lowest BCUT2D eigenvalue weighted by molar-refractivity contribution is -0.135. The molecule has 0 unspecified atom stereocenters. The van der Waals surface area contributed by atoms with Crippen LogP contribution in [0.1, 0.15) is 20.2 Å². The Morgan fingerprint density at radius 1 is 0.941 bits per heavy atom. The van der Waals surface area contributed by atoms with Crippen LogP contribution in [0.15, 0.2) is 72.1 Å². The van der Waals surface area contributed by atoms with E-state index in [0.717, 1.165) is 35.7 Å². The van der Waals surface area contributed by atoms with Crippen LogP contribution in [0.5, 0.6) is 0 Å². The van der Waals surface area contributed by atoms with E-state index in [1.165, 1.54) is 16.0 Å². The van der Waals surface area contributed by atoms with Crippen molar-refractivity contribution in [2.45, 2.75) is 19.0 Å². The Morgan fingerprint density at radius 3 is 2.44 bits per heavy atom. The molecular formula is C26H26N4O2S2. The Balaban J connectivity index is 1.22. The summed E-state index contributed by atoms with van der Waals surface area (Å²) < 4.78 is 1.21. The standard InChI is InChI=1S/C26H26N4O2S2/c31-25(23-11-6-16-33-23)28-21(17-19-7-2-1-3-8-19)26(32)30-14-12-29(13-15-30)18-24-27-20-9-4-5-10-22(20)34-24/h1-11,16,21H,12-15,17-18H2,(H,28,31)/t21-/m0/s1. The number of rotatable bonds is 7. The van der Waals surface area contributed by atoms with E-state index in [9.17, 15) is 9.59 Å². The van der Waals surface area contributed by atoms with Gasteiger partial charge in [0.2, 0.25) is 5.91 Å². The molecule has 34 heavy (non-hydrogen) atoms. The second-order valence-corrected chi connectivity index (χ2v) is 10.4. The van der Waals surface area contributed by atoms with Gasteiger partial charge in [-0.15, -0.1) is 22.7 Å². The number of carbonyl (C=O) groups excluding carboxylic acids is 2. The molecule has 1 N–H and O–H groups in total. The Bertz CT molecular complexity index is 1220. The van der Waals surface area contributed by atoms with Crippen LogP contribution < -0.4 is 5.32 Å². The minimum atomic E-state index is -0.590. The molecule has 4 aromatic rings. The molecule has 1 atom stereocenters. The Morgan fingerprint density at radius 2 is 1.71 bits per heavy atom. The van der Waals surface area contributed by atoms with Crippen LogP contribution in [-0.4, -0.2) is 58.8 Å². The molecule has 2 aromatic heterocycles. The van der Waals surface area contributed by atoms with Crippen LogP contribution in [0.2, 0.25) is 0 Å². The quantitative estimate of drug-likeness (QED) is 0.425. The number of hydrogen-bond acceptors (Lipinski definition) is 6. The minimum Gasteiger partial charge on any atom is -0.339 e. The van der Waals surface area contributed by atoms with Crippen molar-refractivity contribution in [2.24, 2.45) is 0 Å². The lowest BCUT2D eigenvalue weighted by Crippen LogP contribution is -2.55. The van der Waals surface area contributed by atoms with Crippen LogP contribution >= 0.6 is 22.7 Å². The number of para-hydroxylation sites is 1. The monoisotopic (exact) mass is 490 g/mol. The number of thiazole rings is 1. The highest BCUT2D eigenvalue weighted by Crippen LogP contribution is 2.23. The van der Waals surface area contributed by atoms with Crippen molar-refractivity contribution in [2.75, 3.05) is 26.2 Å². The smallest absolute Gasteiger partial charge is 0.262 e. The topological polar surface area (TPSA) is 65.5 Å². The summed E-state index contributed by atoms with van der Waals surface area (Å²) in [5.41, 5.74) is 2.07. The second kappa shape index (κ2) is 10.5. The molecular weight excluding hydrogens is 464 g/mol. The minimum absolute atomic E-state index is 0.0200. The van der Waals surface area contributed by atoms with E-state index in [2.05, 4.69) is 16.3 Å². The maximum absolute atomic E-state index is 13.5. The molecule has 6 nitrogen and oxygen atoms in total. The first-order chi connectivity index (χ1) is 16.7. The van der Waals surface area contributed by atoms with Crippen molar-refractivity contribution in [3.05, 3.63) is 87.6 Å². The number of fused-ring (bicyclic) bond motifs is 1. The van der Waals surface area contributed by atoms with Crippen molar-refractivity contribution >= 4 is 44.7 Å². The number of amides is 2. The SMILES string of the molecule is O=C(N[C@@H](Cc1ccccc1)C(=O)N1CCN(Cc2nc3ccccc3s2)CC1)c1cccs1. The van der Waals surface area contributed by atoms with Crippen LogP contribution in [0.25, 0.3) is 10.2 Å². The van der Waals surface area contributed by atoms with Crippen LogP contribution in [0.3, 0.4) is 0 Å². The van der Waals surface area contributed by atoms with E-state index in [-0.39, 0.29) is 11.8 Å². The number of benzene rings is 2. The van der Waals surface area contributed by atoms with Crippen molar-refractivity contribution in [3.8, 4) is 0 Å². The summed E-state index contributed by atoms with van der Waals surface area (Å²) in [6.45, 7) is 3.66. The van der Waals surface area contributed by atoms with Crippen molar-refractivity contribution in [1.29, 1.82) is 0 Å². The first-order valence-corrected chi connectivity index (χ1v) is 13.1. The maximum Gasteiger partial charge on any atom is 0.262 e. The van der Waals surface area contributed by atoms with Gasteiger partial charge in [0.1, 0.15) is 11.0 Å². The fraction of sp³-hybridized carbons (Fsp3) is 0.269. The summed E-state index contributed by atoms with van der Waals surface area (Å²) in [5, 5.41) is 5.96. The third kappa shape index (κ3) is 5.35. The molecule has 1 aliphatic rings. The molecule has 0 radical (unpaired) electrons. The molecule has 174 valence electrons. The lowest BCUT2D eigenvalue weighted by Gasteiger charge is -2.36. The van der Waals surface area contributed by atoms with Gasteiger partial charge in [-0.25, -0.2) is 4.98 Å². The van der Waals surface area contributed by atoms with Gasteiger partial charge in [0, 0.05) is 32.6 Å². The predicted molar refractivity (Wildman–Crippen MR) is 137 cm³/mol. The molecule has 0 bridgehead atoms. The van der Waals surface area contributed by atoms with E-state index in [1.807, 2.05) is 64.9 Å². The number of nitrogens with one attached hydrogen (secondary N) is 1.